The van der Waals surface area contributed by atoms with E-state index in [0.29, 0.717) is 17.2 Å². The lowest BCUT2D eigenvalue weighted by molar-refractivity contribution is 0.0527. The lowest BCUT2D eigenvalue weighted by Gasteiger charge is -2.39. The Morgan fingerprint density at radius 2 is 2.28 bits per heavy atom. The number of carbonyl (C=O) groups is 1. The molecule has 0 bridgehead atoms. The Labute approximate surface area is 110 Å². The third-order valence-electron chi connectivity index (χ3n) is 2.86. The normalized spacial score (nSPS) is 16.6. The van der Waals surface area contributed by atoms with Crippen LogP contribution in [0.15, 0.2) is 5.10 Å². The van der Waals surface area contributed by atoms with Gasteiger partial charge in [0.25, 0.3) is 0 Å². The number of rotatable bonds is 3. The van der Waals surface area contributed by atoms with E-state index in [1.165, 1.54) is 11.3 Å². The zero-order valence-electron chi connectivity index (χ0n) is 11.0. The van der Waals surface area contributed by atoms with Gasteiger partial charge < -0.3 is 10.5 Å². The van der Waals surface area contributed by atoms with Gasteiger partial charge in [0.2, 0.25) is 0 Å². The molecule has 2 heterocycles. The van der Waals surface area contributed by atoms with Gasteiger partial charge in [-0.25, -0.2) is 9.80 Å². The highest BCUT2D eigenvalue weighted by atomic mass is 32.1. The first-order valence-electron chi connectivity index (χ1n) is 5.80. The second kappa shape index (κ2) is 4.28. The summed E-state index contributed by atoms with van der Waals surface area (Å²) in [6, 6.07) is 0. The fraction of sp³-hybridized carbons (Fsp3) is 0.500. The number of esters is 1. The van der Waals surface area contributed by atoms with Gasteiger partial charge >= 0.3 is 5.97 Å². The summed E-state index contributed by atoms with van der Waals surface area (Å²) in [5.74, 6) is -0.364. The molecule has 2 rings (SSSR count). The van der Waals surface area contributed by atoms with Crippen LogP contribution in [0.25, 0.3) is 0 Å². The average molecular weight is 267 g/mol. The first kappa shape index (κ1) is 12.9. The minimum absolute atomic E-state index is 0.131. The van der Waals surface area contributed by atoms with Crippen molar-refractivity contribution in [1.29, 1.82) is 0 Å². The van der Waals surface area contributed by atoms with Crippen molar-refractivity contribution >= 4 is 33.5 Å². The summed E-state index contributed by atoms with van der Waals surface area (Å²) in [6.07, 6.45) is 1.87. The Morgan fingerprint density at radius 3 is 2.72 bits per heavy atom. The van der Waals surface area contributed by atoms with Gasteiger partial charge in [0.15, 0.2) is 0 Å². The maximum absolute atomic E-state index is 11.8. The van der Waals surface area contributed by atoms with Crippen LogP contribution in [0.4, 0.5) is 10.0 Å². The Kier molecular flexibility index (Phi) is 3.06. The zero-order chi connectivity index (χ0) is 13.5. The van der Waals surface area contributed by atoms with E-state index >= 15 is 0 Å². The number of carbonyl (C=O) groups excluding carboxylic acids is 1. The molecule has 1 aromatic heterocycles. The lowest BCUT2D eigenvalue weighted by Crippen LogP contribution is -2.50. The summed E-state index contributed by atoms with van der Waals surface area (Å²) in [4.78, 5) is 11.8. The number of hydrazone groups is 1. The molecule has 2 N–H and O–H groups in total. The van der Waals surface area contributed by atoms with Crippen molar-refractivity contribution in [2.24, 2.45) is 5.10 Å². The molecule has 0 saturated heterocycles. The fourth-order valence-electron chi connectivity index (χ4n) is 1.84. The number of thiophene rings is 1. The van der Waals surface area contributed by atoms with Gasteiger partial charge in [-0.2, -0.15) is 5.10 Å². The van der Waals surface area contributed by atoms with Crippen LogP contribution in [0.2, 0.25) is 0 Å². The van der Waals surface area contributed by atoms with E-state index in [9.17, 15) is 4.79 Å². The number of nitrogens with zero attached hydrogens (tertiary/aromatic N) is 2. The van der Waals surface area contributed by atoms with E-state index in [2.05, 4.69) is 18.9 Å². The Morgan fingerprint density at radius 1 is 1.61 bits per heavy atom. The maximum atomic E-state index is 11.8. The van der Waals surface area contributed by atoms with Crippen LogP contribution in [-0.2, 0) is 4.74 Å². The molecule has 0 aromatic carbocycles. The van der Waals surface area contributed by atoms with E-state index in [4.69, 9.17) is 10.5 Å². The van der Waals surface area contributed by atoms with Crippen molar-refractivity contribution in [2.75, 3.05) is 17.3 Å². The fourth-order valence-corrected chi connectivity index (χ4v) is 3.01. The smallest absolute Gasteiger partial charge is 0.341 e. The lowest BCUT2D eigenvalue weighted by atomic mass is 10.0. The topological polar surface area (TPSA) is 67.9 Å². The quantitative estimate of drug-likeness (QED) is 0.854. The van der Waals surface area contributed by atoms with E-state index in [1.54, 1.807) is 6.92 Å². The molecule has 1 aliphatic heterocycles. The van der Waals surface area contributed by atoms with Gasteiger partial charge in [0.05, 0.1) is 23.9 Å². The van der Waals surface area contributed by atoms with Crippen LogP contribution < -0.4 is 10.7 Å². The van der Waals surface area contributed by atoms with E-state index < -0.39 is 0 Å². The van der Waals surface area contributed by atoms with E-state index in [-0.39, 0.29) is 11.5 Å². The molecule has 0 radical (unpaired) electrons. The molecule has 5 nitrogen and oxygen atoms in total. The van der Waals surface area contributed by atoms with Gasteiger partial charge in [-0.05, 0) is 27.7 Å². The predicted molar refractivity (Wildman–Crippen MR) is 74.5 cm³/mol. The van der Waals surface area contributed by atoms with Crippen molar-refractivity contribution in [2.45, 2.75) is 33.2 Å². The molecule has 98 valence electrons. The molecular formula is C12H17N3O2S. The third kappa shape index (κ3) is 1.86. The minimum atomic E-state index is -0.364. The number of nitrogen functional groups attached to an aromatic ring is 1. The first-order chi connectivity index (χ1) is 8.38. The largest absolute Gasteiger partial charge is 0.462 e. The van der Waals surface area contributed by atoms with Crippen LogP contribution in [0, 0.1) is 6.92 Å². The summed E-state index contributed by atoms with van der Waals surface area (Å²) in [5.41, 5.74) is 7.09. The molecule has 0 unspecified atom stereocenters. The number of anilines is 2. The first-order valence-corrected chi connectivity index (χ1v) is 6.61. The second-order valence-electron chi connectivity index (χ2n) is 4.70. The summed E-state index contributed by atoms with van der Waals surface area (Å²) in [6.45, 7) is 8.10. The summed E-state index contributed by atoms with van der Waals surface area (Å²) >= 11 is 1.37. The molecule has 0 saturated carbocycles. The molecule has 0 fully saturated rings. The second-order valence-corrected chi connectivity index (χ2v) is 5.73. The molecular weight excluding hydrogens is 250 g/mol. The minimum Gasteiger partial charge on any atom is -0.462 e. The van der Waals surface area contributed by atoms with Crippen molar-refractivity contribution in [1.82, 2.24) is 0 Å². The molecule has 6 heteroatoms. The zero-order valence-corrected chi connectivity index (χ0v) is 11.8. The number of ether oxygens (including phenoxy) is 1. The van der Waals surface area contributed by atoms with Crippen molar-refractivity contribution in [3.8, 4) is 0 Å². The van der Waals surface area contributed by atoms with Crippen molar-refractivity contribution in [3.05, 3.63) is 11.1 Å². The van der Waals surface area contributed by atoms with Crippen LogP contribution in [0.5, 0.6) is 0 Å². The number of hydrogen-bond acceptors (Lipinski definition) is 6. The van der Waals surface area contributed by atoms with Crippen LogP contribution in [0.3, 0.4) is 0 Å². The SMILES string of the molecule is CCOC(=O)c1c(N)sc(N2N=CC2(C)C)c1C. The number of nitrogens with two attached hydrogens (primary N) is 1. The van der Waals surface area contributed by atoms with E-state index in [1.807, 2.05) is 18.1 Å². The third-order valence-corrected chi connectivity index (χ3v) is 3.95. The molecule has 0 amide bonds. The van der Waals surface area contributed by atoms with Crippen LogP contribution >= 0.6 is 11.3 Å². The highest BCUT2D eigenvalue weighted by Crippen LogP contribution is 2.42. The Bertz CT molecular complexity index is 520. The van der Waals surface area contributed by atoms with Gasteiger partial charge in [0.1, 0.15) is 10.0 Å². The predicted octanol–water partition coefficient (Wildman–Crippen LogP) is 2.40. The van der Waals surface area contributed by atoms with E-state index in [0.717, 1.165) is 10.6 Å². The summed E-state index contributed by atoms with van der Waals surface area (Å²) in [7, 11) is 0. The highest BCUT2D eigenvalue weighted by Gasteiger charge is 2.36. The molecule has 0 spiro atoms. The average Bonchev–Trinajstić information content (AvgIpc) is 2.53. The maximum Gasteiger partial charge on any atom is 0.341 e. The van der Waals surface area contributed by atoms with Crippen LogP contribution in [-0.4, -0.2) is 24.3 Å². The molecule has 0 aliphatic carbocycles. The molecule has 1 aromatic rings. The standard InChI is InChI=1S/C12H17N3O2S/c1-5-17-11(16)8-7(2)10(18-9(8)13)15-12(3,4)6-14-15/h6H,5,13H2,1-4H3. The van der Waals surface area contributed by atoms with Gasteiger partial charge in [-0.15, -0.1) is 0 Å². The molecule has 1 aliphatic rings. The summed E-state index contributed by atoms with van der Waals surface area (Å²) < 4.78 is 5.02. The Balaban J connectivity index is 2.39. The summed E-state index contributed by atoms with van der Waals surface area (Å²) in [5, 5.41) is 7.50. The van der Waals surface area contributed by atoms with Crippen molar-refractivity contribution < 1.29 is 9.53 Å². The molecule has 18 heavy (non-hydrogen) atoms. The van der Waals surface area contributed by atoms with Gasteiger partial charge in [0, 0.05) is 5.56 Å². The monoisotopic (exact) mass is 267 g/mol. The highest BCUT2D eigenvalue weighted by molar-refractivity contribution is 7.20. The van der Waals surface area contributed by atoms with Crippen molar-refractivity contribution in [3.63, 3.8) is 0 Å². The Hall–Kier alpha value is -1.56. The molecule has 0 atom stereocenters. The van der Waals surface area contributed by atoms with Gasteiger partial charge in [-0.1, -0.05) is 11.3 Å². The van der Waals surface area contributed by atoms with Crippen LogP contribution in [0.1, 0.15) is 36.7 Å². The number of hydrogen-bond donors (Lipinski definition) is 1. The van der Waals surface area contributed by atoms with Gasteiger partial charge in [-0.3, -0.25) is 0 Å².